The van der Waals surface area contributed by atoms with Crippen molar-refractivity contribution in [1.29, 1.82) is 0 Å². The first-order valence-corrected chi connectivity index (χ1v) is 7.37. The van der Waals surface area contributed by atoms with Crippen LogP contribution in [0.25, 0.3) is 0 Å². The molecule has 106 valence electrons. The maximum Gasteiger partial charge on any atom is 0.124 e. The summed E-state index contributed by atoms with van der Waals surface area (Å²) in [7, 11) is 1.69. The van der Waals surface area contributed by atoms with E-state index in [9.17, 15) is 0 Å². The number of aryl methyl sites for hydroxylation is 2. The zero-order valence-corrected chi connectivity index (χ0v) is 13.9. The van der Waals surface area contributed by atoms with Gasteiger partial charge in [-0.1, -0.05) is 40.2 Å². The molecule has 0 fully saturated rings. The summed E-state index contributed by atoms with van der Waals surface area (Å²) in [5.74, 6) is 0.836. The second kappa shape index (κ2) is 5.58. The summed E-state index contributed by atoms with van der Waals surface area (Å²) in [5, 5.41) is 0. The van der Waals surface area contributed by atoms with Crippen LogP contribution in [-0.2, 0) is 5.54 Å². The fourth-order valence-electron chi connectivity index (χ4n) is 2.77. The summed E-state index contributed by atoms with van der Waals surface area (Å²) in [6.45, 7) is 6.16. The van der Waals surface area contributed by atoms with Crippen molar-refractivity contribution in [2.24, 2.45) is 5.73 Å². The van der Waals surface area contributed by atoms with Gasteiger partial charge in [0.2, 0.25) is 0 Å². The van der Waals surface area contributed by atoms with Crippen molar-refractivity contribution in [3.63, 3.8) is 0 Å². The minimum Gasteiger partial charge on any atom is -0.496 e. The van der Waals surface area contributed by atoms with Crippen LogP contribution in [0, 0.1) is 13.8 Å². The Hall–Kier alpha value is -1.32. The third-order valence-electron chi connectivity index (χ3n) is 3.62. The van der Waals surface area contributed by atoms with Gasteiger partial charge in [0.05, 0.1) is 12.6 Å². The number of rotatable bonds is 3. The first-order chi connectivity index (χ1) is 9.37. The van der Waals surface area contributed by atoms with E-state index in [2.05, 4.69) is 35.8 Å². The van der Waals surface area contributed by atoms with Gasteiger partial charge in [-0.2, -0.15) is 0 Å². The highest BCUT2D eigenvalue weighted by molar-refractivity contribution is 9.10. The Labute approximate surface area is 129 Å². The van der Waals surface area contributed by atoms with Crippen LogP contribution in [0.5, 0.6) is 5.75 Å². The average molecular weight is 334 g/mol. The van der Waals surface area contributed by atoms with Gasteiger partial charge in [-0.3, -0.25) is 0 Å². The van der Waals surface area contributed by atoms with E-state index in [-0.39, 0.29) is 0 Å². The Morgan fingerprint density at radius 1 is 1.15 bits per heavy atom. The summed E-state index contributed by atoms with van der Waals surface area (Å²) in [5.41, 5.74) is 10.4. The normalized spacial score (nSPS) is 13.9. The van der Waals surface area contributed by atoms with E-state index >= 15 is 0 Å². The average Bonchev–Trinajstić information content (AvgIpc) is 2.37. The van der Waals surface area contributed by atoms with Gasteiger partial charge in [0.25, 0.3) is 0 Å². The Balaban J connectivity index is 2.69. The highest BCUT2D eigenvalue weighted by Crippen LogP contribution is 2.39. The maximum absolute atomic E-state index is 6.68. The molecule has 0 radical (unpaired) electrons. The first-order valence-electron chi connectivity index (χ1n) is 6.57. The van der Waals surface area contributed by atoms with Crippen molar-refractivity contribution >= 4 is 15.9 Å². The van der Waals surface area contributed by atoms with Gasteiger partial charge in [-0.05, 0) is 49.6 Å². The molecule has 0 bridgehead atoms. The lowest BCUT2D eigenvalue weighted by Crippen LogP contribution is -2.36. The summed E-state index contributed by atoms with van der Waals surface area (Å²) in [6.07, 6.45) is 0. The Morgan fingerprint density at radius 2 is 1.80 bits per heavy atom. The van der Waals surface area contributed by atoms with Gasteiger partial charge >= 0.3 is 0 Å². The van der Waals surface area contributed by atoms with Crippen LogP contribution in [0.15, 0.2) is 40.9 Å². The molecule has 1 atom stereocenters. The Bertz CT molecular complexity index is 635. The summed E-state index contributed by atoms with van der Waals surface area (Å²) < 4.78 is 6.57. The van der Waals surface area contributed by atoms with Gasteiger partial charge in [0, 0.05) is 10.0 Å². The lowest BCUT2D eigenvalue weighted by atomic mass is 9.82. The number of methoxy groups -OCH3 is 1. The van der Waals surface area contributed by atoms with Gasteiger partial charge < -0.3 is 10.5 Å². The van der Waals surface area contributed by atoms with E-state index in [1.165, 1.54) is 5.56 Å². The zero-order valence-electron chi connectivity index (χ0n) is 12.3. The zero-order chi connectivity index (χ0) is 14.9. The third kappa shape index (κ3) is 2.60. The molecule has 2 N–H and O–H groups in total. The van der Waals surface area contributed by atoms with Crippen LogP contribution in [0.3, 0.4) is 0 Å². The Kier molecular flexibility index (Phi) is 4.21. The van der Waals surface area contributed by atoms with Crippen molar-refractivity contribution < 1.29 is 4.74 Å². The minimum atomic E-state index is -0.622. The molecule has 2 rings (SSSR count). The van der Waals surface area contributed by atoms with Crippen molar-refractivity contribution in [2.45, 2.75) is 26.3 Å². The van der Waals surface area contributed by atoms with Gasteiger partial charge in [0.1, 0.15) is 5.75 Å². The van der Waals surface area contributed by atoms with Crippen LogP contribution < -0.4 is 10.5 Å². The lowest BCUT2D eigenvalue weighted by molar-refractivity contribution is 0.397. The Morgan fingerprint density at radius 3 is 2.40 bits per heavy atom. The molecule has 2 aromatic carbocycles. The largest absolute Gasteiger partial charge is 0.496 e. The molecule has 0 aliphatic carbocycles. The smallest absolute Gasteiger partial charge is 0.124 e. The quantitative estimate of drug-likeness (QED) is 0.908. The van der Waals surface area contributed by atoms with Crippen LogP contribution in [-0.4, -0.2) is 7.11 Å². The molecule has 0 aliphatic rings. The molecule has 0 heterocycles. The highest BCUT2D eigenvalue weighted by Gasteiger charge is 2.30. The monoisotopic (exact) mass is 333 g/mol. The molecule has 0 saturated carbocycles. The van der Waals surface area contributed by atoms with Crippen molar-refractivity contribution in [2.75, 3.05) is 7.11 Å². The molecular formula is C17H20BrNO. The predicted octanol–water partition coefficient (Wildman–Crippen LogP) is 4.30. The van der Waals surface area contributed by atoms with Crippen LogP contribution >= 0.6 is 15.9 Å². The van der Waals surface area contributed by atoms with Gasteiger partial charge in [-0.25, -0.2) is 0 Å². The minimum absolute atomic E-state index is 0.622. The number of nitrogens with two attached hydrogens (primary N) is 1. The molecule has 0 aliphatic heterocycles. The van der Waals surface area contributed by atoms with Crippen molar-refractivity contribution in [1.82, 2.24) is 0 Å². The number of hydrogen-bond acceptors (Lipinski definition) is 2. The third-order valence-corrected chi connectivity index (χ3v) is 4.31. The van der Waals surface area contributed by atoms with E-state index in [1.807, 2.05) is 37.3 Å². The molecule has 3 heteroatoms. The highest BCUT2D eigenvalue weighted by atomic mass is 79.9. The summed E-state index contributed by atoms with van der Waals surface area (Å²) in [4.78, 5) is 0. The predicted molar refractivity (Wildman–Crippen MR) is 87.3 cm³/mol. The number of hydrogen-bond donors (Lipinski definition) is 1. The van der Waals surface area contributed by atoms with Crippen LogP contribution in [0.4, 0.5) is 0 Å². The molecular weight excluding hydrogens is 314 g/mol. The van der Waals surface area contributed by atoms with Crippen molar-refractivity contribution in [3.8, 4) is 5.75 Å². The number of ether oxygens (including phenoxy) is 1. The molecule has 2 aromatic rings. The fourth-order valence-corrected chi connectivity index (χ4v) is 3.47. The van der Waals surface area contributed by atoms with E-state index in [0.717, 1.165) is 26.9 Å². The standard InChI is InChI=1S/C17H20BrNO/c1-11-9-12(2)16(15(10-11)20-4)17(3,19)13-7-5-6-8-14(13)18/h5-10H,19H2,1-4H3. The fraction of sp³-hybridized carbons (Fsp3) is 0.294. The lowest BCUT2D eigenvalue weighted by Gasteiger charge is -2.30. The van der Waals surface area contributed by atoms with Crippen LogP contribution in [0.1, 0.15) is 29.2 Å². The number of halogens is 1. The van der Waals surface area contributed by atoms with Gasteiger partial charge in [0.15, 0.2) is 0 Å². The SMILES string of the molecule is COc1cc(C)cc(C)c1C(C)(N)c1ccccc1Br. The van der Waals surface area contributed by atoms with Crippen molar-refractivity contribution in [3.05, 3.63) is 63.1 Å². The van der Waals surface area contributed by atoms with E-state index in [0.29, 0.717) is 0 Å². The molecule has 20 heavy (non-hydrogen) atoms. The first kappa shape index (κ1) is 15.1. The maximum atomic E-state index is 6.68. The molecule has 0 spiro atoms. The molecule has 0 amide bonds. The second-order valence-corrected chi connectivity index (χ2v) is 6.20. The van der Waals surface area contributed by atoms with Crippen LogP contribution in [0.2, 0.25) is 0 Å². The number of benzene rings is 2. The molecule has 1 unspecified atom stereocenters. The topological polar surface area (TPSA) is 35.2 Å². The van der Waals surface area contributed by atoms with Gasteiger partial charge in [-0.15, -0.1) is 0 Å². The van der Waals surface area contributed by atoms with E-state index in [4.69, 9.17) is 10.5 Å². The summed E-state index contributed by atoms with van der Waals surface area (Å²) in [6, 6.07) is 12.2. The molecule has 0 saturated heterocycles. The summed E-state index contributed by atoms with van der Waals surface area (Å²) >= 11 is 3.59. The second-order valence-electron chi connectivity index (χ2n) is 5.34. The van der Waals surface area contributed by atoms with E-state index in [1.54, 1.807) is 7.11 Å². The molecule has 2 nitrogen and oxygen atoms in total. The van der Waals surface area contributed by atoms with E-state index < -0.39 is 5.54 Å². The molecule has 0 aromatic heterocycles.